The number of hydrogen-bond acceptors (Lipinski definition) is 2. The van der Waals surface area contributed by atoms with Gasteiger partial charge in [-0.05, 0) is 18.4 Å². The molecule has 0 aromatic heterocycles. The normalized spacial score (nSPS) is 12.2. The molecule has 4 heteroatoms. The summed E-state index contributed by atoms with van der Waals surface area (Å²) in [5.74, 6) is 0. The summed E-state index contributed by atoms with van der Waals surface area (Å²) in [4.78, 5) is 2.69. The largest absolute Gasteiger partial charge is 0.396 e. The minimum absolute atomic E-state index is 0.0139. The molecular formula is C6H13N3O. The predicted octanol–water partition coefficient (Wildman–Crippen LogP) is 1.85. The third-order valence-electron chi connectivity index (χ3n) is 1.30. The van der Waals surface area contributed by atoms with Crippen LogP contribution >= 0.6 is 0 Å². The lowest BCUT2D eigenvalue weighted by Crippen LogP contribution is -2.04. The van der Waals surface area contributed by atoms with Crippen molar-refractivity contribution in [3.63, 3.8) is 0 Å². The number of aliphatic hydroxyl groups is 1. The molecule has 0 saturated carbocycles. The van der Waals surface area contributed by atoms with Crippen LogP contribution in [-0.2, 0) is 0 Å². The van der Waals surface area contributed by atoms with Crippen molar-refractivity contribution in [1.82, 2.24) is 0 Å². The molecule has 58 valence electrons. The molecule has 0 rings (SSSR count). The van der Waals surface area contributed by atoms with Crippen molar-refractivity contribution in [2.75, 3.05) is 6.61 Å². The minimum Gasteiger partial charge on any atom is -0.396 e. The smallest absolute Gasteiger partial charge is 0.0434 e. The van der Waals surface area contributed by atoms with Crippen LogP contribution in [-0.4, -0.2) is 17.8 Å². The second-order valence-electron chi connectivity index (χ2n) is 2.16. The van der Waals surface area contributed by atoms with Crippen LogP contribution in [0.2, 0.25) is 0 Å². The molecule has 1 unspecified atom stereocenters. The number of azide groups is 1. The predicted molar refractivity (Wildman–Crippen MR) is 39.5 cm³/mol. The summed E-state index contributed by atoms with van der Waals surface area (Å²) in [7, 11) is 0. The fourth-order valence-corrected chi connectivity index (χ4v) is 0.815. The Balaban J connectivity index is 3.60. The van der Waals surface area contributed by atoms with E-state index in [2.05, 4.69) is 10.0 Å². The fourth-order valence-electron chi connectivity index (χ4n) is 0.815. The van der Waals surface area contributed by atoms with Crippen LogP contribution in [0.25, 0.3) is 10.4 Å². The maximum absolute atomic E-state index is 8.51. The summed E-state index contributed by atoms with van der Waals surface area (Å²) in [5.41, 5.74) is 8.07. The van der Waals surface area contributed by atoms with Gasteiger partial charge in [0.1, 0.15) is 0 Å². The van der Waals surface area contributed by atoms with Crippen molar-refractivity contribution in [3.8, 4) is 0 Å². The molecule has 1 N–H and O–H groups in total. The molecule has 1 atom stereocenters. The SMILES string of the molecule is CCCC(CCO)N=[N+]=[N-]. The van der Waals surface area contributed by atoms with Gasteiger partial charge in [0.05, 0.1) is 0 Å². The summed E-state index contributed by atoms with van der Waals surface area (Å²) in [5, 5.41) is 12.0. The molecule has 0 fully saturated rings. The van der Waals surface area contributed by atoms with Gasteiger partial charge in [-0.2, -0.15) is 0 Å². The van der Waals surface area contributed by atoms with Gasteiger partial charge in [-0.15, -0.1) is 0 Å². The molecular weight excluding hydrogens is 130 g/mol. The molecule has 0 heterocycles. The highest BCUT2D eigenvalue weighted by Gasteiger charge is 2.02. The molecule has 0 aromatic carbocycles. The van der Waals surface area contributed by atoms with E-state index in [9.17, 15) is 0 Å². The van der Waals surface area contributed by atoms with E-state index in [4.69, 9.17) is 10.6 Å². The molecule has 4 nitrogen and oxygen atoms in total. The van der Waals surface area contributed by atoms with Crippen LogP contribution in [0.1, 0.15) is 26.2 Å². The van der Waals surface area contributed by atoms with E-state index in [0.717, 1.165) is 12.8 Å². The third-order valence-corrected chi connectivity index (χ3v) is 1.30. The molecule has 0 radical (unpaired) electrons. The second kappa shape index (κ2) is 6.39. The first-order valence-electron chi connectivity index (χ1n) is 3.50. The number of hydrogen-bond donors (Lipinski definition) is 1. The monoisotopic (exact) mass is 143 g/mol. The molecule has 10 heavy (non-hydrogen) atoms. The number of aliphatic hydroxyl groups excluding tert-OH is 1. The maximum atomic E-state index is 8.51. The van der Waals surface area contributed by atoms with E-state index in [1.54, 1.807) is 0 Å². The van der Waals surface area contributed by atoms with Gasteiger partial charge in [-0.3, -0.25) is 0 Å². The van der Waals surface area contributed by atoms with Crippen LogP contribution < -0.4 is 0 Å². The fraction of sp³-hybridized carbons (Fsp3) is 1.00. The van der Waals surface area contributed by atoms with Crippen LogP contribution in [0.3, 0.4) is 0 Å². The molecule has 0 aliphatic carbocycles. The van der Waals surface area contributed by atoms with E-state index in [1.165, 1.54) is 0 Å². The van der Waals surface area contributed by atoms with Crippen molar-refractivity contribution < 1.29 is 5.11 Å². The highest BCUT2D eigenvalue weighted by molar-refractivity contribution is 4.65. The summed E-state index contributed by atoms with van der Waals surface area (Å²) in [6.45, 7) is 2.13. The van der Waals surface area contributed by atoms with E-state index in [-0.39, 0.29) is 12.6 Å². The van der Waals surface area contributed by atoms with Gasteiger partial charge in [0.2, 0.25) is 0 Å². The lowest BCUT2D eigenvalue weighted by molar-refractivity contribution is 0.272. The maximum Gasteiger partial charge on any atom is 0.0434 e. The van der Waals surface area contributed by atoms with Gasteiger partial charge in [0.25, 0.3) is 0 Å². The Hall–Kier alpha value is -0.730. The Morgan fingerprint density at radius 1 is 1.60 bits per heavy atom. The quantitative estimate of drug-likeness (QED) is 0.356. The standard InChI is InChI=1S/C6H13N3O/c1-2-3-6(4-5-10)8-9-7/h6,10H,2-5H2,1H3. The lowest BCUT2D eigenvalue weighted by Gasteiger charge is -2.05. The van der Waals surface area contributed by atoms with Crippen molar-refractivity contribution in [1.29, 1.82) is 0 Å². The van der Waals surface area contributed by atoms with Gasteiger partial charge in [-0.25, -0.2) is 0 Å². The lowest BCUT2D eigenvalue weighted by atomic mass is 10.1. The molecule has 0 aliphatic heterocycles. The van der Waals surface area contributed by atoms with Crippen molar-refractivity contribution in [2.45, 2.75) is 32.2 Å². The number of nitrogens with zero attached hydrogens (tertiary/aromatic N) is 3. The third kappa shape index (κ3) is 4.18. The Morgan fingerprint density at radius 3 is 2.70 bits per heavy atom. The van der Waals surface area contributed by atoms with E-state index in [1.807, 2.05) is 6.92 Å². The summed E-state index contributed by atoms with van der Waals surface area (Å²) in [6, 6.07) is -0.0139. The van der Waals surface area contributed by atoms with Gasteiger partial charge < -0.3 is 5.11 Å². The van der Waals surface area contributed by atoms with Crippen LogP contribution in [0.15, 0.2) is 5.11 Å². The van der Waals surface area contributed by atoms with E-state index < -0.39 is 0 Å². The first-order chi connectivity index (χ1) is 4.85. The van der Waals surface area contributed by atoms with E-state index >= 15 is 0 Å². The molecule has 0 amide bonds. The average Bonchev–Trinajstić information content (AvgIpc) is 1.90. The summed E-state index contributed by atoms with van der Waals surface area (Å²) < 4.78 is 0. The van der Waals surface area contributed by atoms with E-state index in [0.29, 0.717) is 6.42 Å². The second-order valence-corrected chi connectivity index (χ2v) is 2.16. The molecule has 0 bridgehead atoms. The van der Waals surface area contributed by atoms with Gasteiger partial charge in [0.15, 0.2) is 0 Å². The Bertz CT molecular complexity index is 114. The zero-order valence-corrected chi connectivity index (χ0v) is 6.19. The van der Waals surface area contributed by atoms with Crippen LogP contribution in [0.5, 0.6) is 0 Å². The van der Waals surface area contributed by atoms with Crippen LogP contribution in [0.4, 0.5) is 0 Å². The van der Waals surface area contributed by atoms with Gasteiger partial charge in [0, 0.05) is 17.6 Å². The molecule has 0 saturated heterocycles. The zero-order valence-electron chi connectivity index (χ0n) is 6.19. The molecule has 0 spiro atoms. The topological polar surface area (TPSA) is 69.0 Å². The highest BCUT2D eigenvalue weighted by Crippen LogP contribution is 2.05. The average molecular weight is 143 g/mol. The van der Waals surface area contributed by atoms with Gasteiger partial charge in [-0.1, -0.05) is 18.5 Å². The van der Waals surface area contributed by atoms with Crippen molar-refractivity contribution in [2.24, 2.45) is 5.11 Å². The van der Waals surface area contributed by atoms with Crippen molar-refractivity contribution in [3.05, 3.63) is 10.4 Å². The Morgan fingerprint density at radius 2 is 2.30 bits per heavy atom. The number of rotatable bonds is 5. The minimum atomic E-state index is -0.0139. The first kappa shape index (κ1) is 9.27. The van der Waals surface area contributed by atoms with Gasteiger partial charge >= 0.3 is 0 Å². The Kier molecular flexibility index (Phi) is 5.92. The molecule has 0 aromatic rings. The molecule has 0 aliphatic rings. The highest BCUT2D eigenvalue weighted by atomic mass is 16.3. The Labute approximate surface area is 60.5 Å². The first-order valence-corrected chi connectivity index (χ1v) is 3.50. The van der Waals surface area contributed by atoms with Crippen molar-refractivity contribution >= 4 is 0 Å². The summed E-state index contributed by atoms with van der Waals surface area (Å²) >= 11 is 0. The van der Waals surface area contributed by atoms with Crippen LogP contribution in [0, 0.1) is 0 Å². The zero-order chi connectivity index (χ0) is 7.82. The summed E-state index contributed by atoms with van der Waals surface area (Å²) in [6.07, 6.45) is 2.44.